The van der Waals surface area contributed by atoms with Crippen molar-refractivity contribution in [3.63, 3.8) is 0 Å². The Bertz CT molecular complexity index is 905. The Morgan fingerprint density at radius 1 is 1.03 bits per heavy atom. The van der Waals surface area contributed by atoms with Crippen LogP contribution in [0.25, 0.3) is 6.08 Å². The average Bonchev–Trinajstić information content (AvgIpc) is 2.79. The Balaban J connectivity index is 1.97. The van der Waals surface area contributed by atoms with E-state index in [0.717, 1.165) is 11.1 Å². The maximum Gasteiger partial charge on any atom is 0.327 e. The van der Waals surface area contributed by atoms with E-state index in [1.165, 1.54) is 14.2 Å². The van der Waals surface area contributed by atoms with Crippen molar-refractivity contribution in [2.75, 3.05) is 20.8 Å². The summed E-state index contributed by atoms with van der Waals surface area (Å²) in [5.41, 5.74) is 1.17. The number of carbonyl (C=O) groups excluding carboxylic acids is 2. The van der Waals surface area contributed by atoms with Crippen molar-refractivity contribution in [2.24, 2.45) is 5.41 Å². The third-order valence-corrected chi connectivity index (χ3v) is 5.59. The summed E-state index contributed by atoms with van der Waals surface area (Å²) in [6.45, 7) is 5.13. The number of hydrogen-bond acceptors (Lipinski definition) is 5. The van der Waals surface area contributed by atoms with Gasteiger partial charge in [-0.1, -0.05) is 79.4 Å². The molecule has 0 radical (unpaired) electrons. The number of hydrogen-bond donors (Lipinski definition) is 0. The molecule has 1 aliphatic heterocycles. The van der Waals surface area contributed by atoms with Crippen LogP contribution in [-0.4, -0.2) is 43.6 Å². The van der Waals surface area contributed by atoms with E-state index in [1.54, 1.807) is 0 Å². The molecule has 1 atom stereocenters. The van der Waals surface area contributed by atoms with Crippen molar-refractivity contribution in [3.05, 3.63) is 90.0 Å². The quantitative estimate of drug-likeness (QED) is 0.415. The second-order valence-corrected chi connectivity index (χ2v) is 7.42. The molecule has 0 aliphatic carbocycles. The van der Waals surface area contributed by atoms with Gasteiger partial charge in [0.25, 0.3) is 0 Å². The molecule has 30 heavy (non-hydrogen) atoms. The lowest BCUT2D eigenvalue weighted by Gasteiger charge is -2.44. The molecule has 0 bridgehead atoms. The number of methoxy groups -OCH3 is 2. The van der Waals surface area contributed by atoms with E-state index in [1.807, 2.05) is 60.7 Å². The van der Waals surface area contributed by atoms with Gasteiger partial charge < -0.3 is 9.47 Å². The zero-order valence-corrected chi connectivity index (χ0v) is 17.4. The highest BCUT2D eigenvalue weighted by Gasteiger charge is 2.55. The first-order valence-corrected chi connectivity index (χ1v) is 9.87. The van der Waals surface area contributed by atoms with Crippen LogP contribution in [0.1, 0.15) is 17.5 Å². The second kappa shape index (κ2) is 9.55. The molecule has 0 aromatic heterocycles. The Hall–Kier alpha value is -3.18. The molecular formula is C25H27NO4. The van der Waals surface area contributed by atoms with E-state index in [4.69, 9.17) is 9.47 Å². The van der Waals surface area contributed by atoms with Gasteiger partial charge in [0.05, 0.1) is 14.2 Å². The van der Waals surface area contributed by atoms with Crippen LogP contribution in [-0.2, 0) is 25.6 Å². The van der Waals surface area contributed by atoms with Crippen LogP contribution < -0.4 is 0 Å². The highest BCUT2D eigenvalue weighted by atomic mass is 16.5. The molecule has 5 heteroatoms. The van der Waals surface area contributed by atoms with Gasteiger partial charge in [-0.15, -0.1) is 0 Å². The zero-order valence-electron chi connectivity index (χ0n) is 17.4. The van der Waals surface area contributed by atoms with Crippen molar-refractivity contribution in [2.45, 2.75) is 19.0 Å². The van der Waals surface area contributed by atoms with E-state index in [0.29, 0.717) is 18.7 Å². The van der Waals surface area contributed by atoms with Crippen LogP contribution in [0.3, 0.4) is 0 Å². The molecule has 1 unspecified atom stereocenters. The normalized spacial score (nSPS) is 18.9. The molecule has 0 N–H and O–H groups in total. The van der Waals surface area contributed by atoms with Crippen molar-refractivity contribution < 1.29 is 19.1 Å². The molecule has 0 amide bonds. The maximum absolute atomic E-state index is 12.8. The predicted octanol–water partition coefficient (Wildman–Crippen LogP) is 3.86. The minimum absolute atomic E-state index is 0.186. The SMILES string of the molecule is C=C1CN(Cc2ccccc2)C(/C=C/c2ccccc2)CC1(C(=O)OC)C(=O)OC. The van der Waals surface area contributed by atoms with Gasteiger partial charge in [0.1, 0.15) is 0 Å². The maximum atomic E-state index is 12.8. The summed E-state index contributed by atoms with van der Waals surface area (Å²) in [7, 11) is 2.57. The van der Waals surface area contributed by atoms with Gasteiger partial charge in [-0.2, -0.15) is 0 Å². The highest BCUT2D eigenvalue weighted by Crippen LogP contribution is 2.41. The fraction of sp³-hybridized carbons (Fsp3) is 0.280. The fourth-order valence-electron chi connectivity index (χ4n) is 3.94. The first-order valence-electron chi connectivity index (χ1n) is 9.87. The first kappa shape index (κ1) is 21.5. The Kier molecular flexibility index (Phi) is 6.85. The summed E-state index contributed by atoms with van der Waals surface area (Å²) < 4.78 is 10.0. The van der Waals surface area contributed by atoms with E-state index >= 15 is 0 Å². The second-order valence-electron chi connectivity index (χ2n) is 7.42. The van der Waals surface area contributed by atoms with Crippen LogP contribution >= 0.6 is 0 Å². The lowest BCUT2D eigenvalue weighted by atomic mass is 9.71. The number of piperidine rings is 1. The summed E-state index contributed by atoms with van der Waals surface area (Å²) in [5.74, 6) is -1.26. The van der Waals surface area contributed by atoms with Crippen molar-refractivity contribution in [1.29, 1.82) is 0 Å². The molecule has 5 nitrogen and oxygen atoms in total. The molecule has 1 saturated heterocycles. The van der Waals surface area contributed by atoms with Gasteiger partial charge in [0.2, 0.25) is 0 Å². The largest absolute Gasteiger partial charge is 0.468 e. The first-order chi connectivity index (χ1) is 14.5. The molecule has 1 heterocycles. The van der Waals surface area contributed by atoms with Crippen LogP contribution in [0.2, 0.25) is 0 Å². The molecule has 2 aromatic carbocycles. The van der Waals surface area contributed by atoms with E-state index in [2.05, 4.69) is 23.6 Å². The predicted molar refractivity (Wildman–Crippen MR) is 116 cm³/mol. The van der Waals surface area contributed by atoms with Crippen molar-refractivity contribution >= 4 is 18.0 Å². The molecule has 0 saturated carbocycles. The van der Waals surface area contributed by atoms with Crippen molar-refractivity contribution in [3.8, 4) is 0 Å². The Labute approximate surface area is 177 Å². The number of rotatable bonds is 6. The van der Waals surface area contributed by atoms with Gasteiger partial charge in [0.15, 0.2) is 5.41 Å². The standard InChI is InChI=1S/C25H27NO4/c1-19-17-26(18-21-12-8-5-9-13-21)22(15-14-20-10-6-4-7-11-20)16-25(19,23(27)29-2)24(28)30-3/h4-15,22H,1,16-18H2,2-3H3/b15-14+. The van der Waals surface area contributed by atoms with Gasteiger partial charge >= 0.3 is 11.9 Å². The number of esters is 2. The average molecular weight is 405 g/mol. The highest BCUT2D eigenvalue weighted by molar-refractivity contribution is 6.03. The van der Waals surface area contributed by atoms with Crippen LogP contribution in [0.15, 0.2) is 78.9 Å². The third kappa shape index (κ3) is 4.36. The number of nitrogens with zero attached hydrogens (tertiary/aromatic N) is 1. The zero-order chi connectivity index (χ0) is 21.6. The number of ether oxygens (including phenoxy) is 2. The van der Waals surface area contributed by atoms with Gasteiger partial charge in [0, 0.05) is 19.1 Å². The van der Waals surface area contributed by atoms with Crippen molar-refractivity contribution in [1.82, 2.24) is 4.90 Å². The summed E-state index contributed by atoms with van der Waals surface area (Å²) in [6.07, 6.45) is 4.25. The topological polar surface area (TPSA) is 55.8 Å². The molecular weight excluding hydrogens is 378 g/mol. The summed E-state index contributed by atoms with van der Waals surface area (Å²) in [6, 6.07) is 19.8. The fourth-order valence-corrected chi connectivity index (χ4v) is 3.94. The van der Waals surface area contributed by atoms with Crippen LogP contribution in [0.4, 0.5) is 0 Å². The number of benzene rings is 2. The number of likely N-dealkylation sites (tertiary alicyclic amines) is 1. The summed E-state index contributed by atoms with van der Waals surface area (Å²) in [4.78, 5) is 27.7. The molecule has 2 aromatic rings. The molecule has 3 rings (SSSR count). The molecule has 0 spiro atoms. The lowest BCUT2D eigenvalue weighted by Crippen LogP contribution is -2.54. The van der Waals surface area contributed by atoms with E-state index in [9.17, 15) is 9.59 Å². The Morgan fingerprint density at radius 3 is 2.17 bits per heavy atom. The Morgan fingerprint density at radius 2 is 1.60 bits per heavy atom. The monoisotopic (exact) mass is 405 g/mol. The van der Waals surface area contributed by atoms with E-state index in [-0.39, 0.29) is 12.5 Å². The molecule has 156 valence electrons. The minimum atomic E-state index is -1.51. The van der Waals surface area contributed by atoms with Gasteiger partial charge in [-0.25, -0.2) is 0 Å². The van der Waals surface area contributed by atoms with Crippen LogP contribution in [0, 0.1) is 5.41 Å². The summed E-state index contributed by atoms with van der Waals surface area (Å²) in [5, 5.41) is 0. The van der Waals surface area contributed by atoms with Gasteiger partial charge in [-0.3, -0.25) is 14.5 Å². The molecule has 1 aliphatic rings. The van der Waals surface area contributed by atoms with Crippen LogP contribution in [0.5, 0.6) is 0 Å². The third-order valence-electron chi connectivity index (χ3n) is 5.59. The van der Waals surface area contributed by atoms with Gasteiger partial charge in [-0.05, 0) is 23.1 Å². The minimum Gasteiger partial charge on any atom is -0.468 e. The smallest absolute Gasteiger partial charge is 0.327 e. The van der Waals surface area contributed by atoms with E-state index < -0.39 is 17.4 Å². The molecule has 1 fully saturated rings. The number of carbonyl (C=O) groups is 2. The lowest BCUT2D eigenvalue weighted by molar-refractivity contribution is -0.169. The summed E-state index contributed by atoms with van der Waals surface area (Å²) >= 11 is 0.